The predicted octanol–water partition coefficient (Wildman–Crippen LogP) is 3.26. The van der Waals surface area contributed by atoms with Crippen LogP contribution >= 0.6 is 0 Å². The van der Waals surface area contributed by atoms with Crippen LogP contribution < -0.4 is 15.5 Å². The molecule has 2 N–H and O–H groups in total. The van der Waals surface area contributed by atoms with Crippen molar-refractivity contribution in [3.05, 3.63) is 52.6 Å². The molecule has 3 rings (SSSR count). The minimum Gasteiger partial charge on any atom is -0.378 e. The zero-order valence-corrected chi connectivity index (χ0v) is 16.7. The Labute approximate surface area is 169 Å². The maximum atomic E-state index is 13.4. The highest BCUT2D eigenvalue weighted by molar-refractivity contribution is 6.00. The highest BCUT2D eigenvalue weighted by Crippen LogP contribution is 2.24. The molecule has 1 fully saturated rings. The first kappa shape index (κ1) is 21.0. The van der Waals surface area contributed by atoms with Crippen LogP contribution in [0.25, 0.3) is 0 Å². The van der Waals surface area contributed by atoms with Gasteiger partial charge < -0.3 is 20.3 Å². The molecule has 1 aromatic heterocycles. The standard InChI is InChI=1S/C21H26F2N4O2/c1-3-6-24-20-19(14(2)11-18(26-20)27-7-9-29-10-8-27)21(28)25-13-15-4-5-16(22)17(23)12-15/h4-5,11-12H,3,6-10,13H2,1-2H3,(H,24,26)(H,25,28). The quantitative estimate of drug-likeness (QED) is 0.742. The molecule has 0 unspecified atom stereocenters. The Hall–Kier alpha value is -2.74. The molecule has 1 saturated heterocycles. The van der Waals surface area contributed by atoms with Crippen molar-refractivity contribution in [1.82, 2.24) is 10.3 Å². The lowest BCUT2D eigenvalue weighted by Gasteiger charge is -2.29. The predicted molar refractivity (Wildman–Crippen MR) is 108 cm³/mol. The first-order valence-corrected chi connectivity index (χ1v) is 9.80. The summed E-state index contributed by atoms with van der Waals surface area (Å²) in [5.74, 6) is -0.829. The number of amides is 1. The van der Waals surface area contributed by atoms with Gasteiger partial charge in [-0.15, -0.1) is 0 Å². The van der Waals surface area contributed by atoms with Gasteiger partial charge in [-0.3, -0.25) is 4.79 Å². The number of pyridine rings is 1. The number of aryl methyl sites for hydroxylation is 1. The van der Waals surface area contributed by atoms with Gasteiger partial charge in [0.25, 0.3) is 5.91 Å². The second-order valence-electron chi connectivity index (χ2n) is 6.98. The fourth-order valence-electron chi connectivity index (χ4n) is 3.19. The molecular formula is C21H26F2N4O2. The molecule has 1 aliphatic heterocycles. The maximum Gasteiger partial charge on any atom is 0.255 e. The second-order valence-corrected chi connectivity index (χ2v) is 6.98. The molecule has 0 saturated carbocycles. The summed E-state index contributed by atoms with van der Waals surface area (Å²) in [6, 6.07) is 5.48. The molecule has 0 spiro atoms. The third-order valence-corrected chi connectivity index (χ3v) is 4.74. The molecule has 0 aliphatic carbocycles. The van der Waals surface area contributed by atoms with Crippen molar-refractivity contribution in [3.8, 4) is 0 Å². The largest absolute Gasteiger partial charge is 0.378 e. The van der Waals surface area contributed by atoms with Gasteiger partial charge in [-0.2, -0.15) is 0 Å². The smallest absolute Gasteiger partial charge is 0.255 e. The average molecular weight is 404 g/mol. The molecule has 1 amide bonds. The molecule has 1 aromatic carbocycles. The van der Waals surface area contributed by atoms with Gasteiger partial charge >= 0.3 is 0 Å². The van der Waals surface area contributed by atoms with Crippen LogP contribution in [0.5, 0.6) is 0 Å². The Balaban J connectivity index is 1.81. The van der Waals surface area contributed by atoms with E-state index in [0.29, 0.717) is 36.7 Å². The van der Waals surface area contributed by atoms with Gasteiger partial charge in [-0.05, 0) is 42.7 Å². The fourth-order valence-corrected chi connectivity index (χ4v) is 3.19. The topological polar surface area (TPSA) is 66.5 Å². The van der Waals surface area contributed by atoms with Crippen molar-refractivity contribution < 1.29 is 18.3 Å². The summed E-state index contributed by atoms with van der Waals surface area (Å²) in [6.45, 7) is 7.48. The van der Waals surface area contributed by atoms with Crippen molar-refractivity contribution in [2.45, 2.75) is 26.8 Å². The minimum atomic E-state index is -0.935. The van der Waals surface area contributed by atoms with Crippen molar-refractivity contribution in [3.63, 3.8) is 0 Å². The monoisotopic (exact) mass is 404 g/mol. The number of morpholine rings is 1. The lowest BCUT2D eigenvalue weighted by Crippen LogP contribution is -2.37. The Morgan fingerprint density at radius 3 is 2.66 bits per heavy atom. The Morgan fingerprint density at radius 1 is 1.21 bits per heavy atom. The van der Waals surface area contributed by atoms with Gasteiger partial charge in [-0.25, -0.2) is 13.8 Å². The van der Waals surface area contributed by atoms with Crippen molar-refractivity contribution in [2.24, 2.45) is 0 Å². The van der Waals surface area contributed by atoms with E-state index in [4.69, 9.17) is 4.74 Å². The molecule has 0 atom stereocenters. The van der Waals surface area contributed by atoms with Crippen molar-refractivity contribution in [1.29, 1.82) is 0 Å². The maximum absolute atomic E-state index is 13.4. The van der Waals surface area contributed by atoms with Gasteiger partial charge in [0.2, 0.25) is 0 Å². The molecule has 0 radical (unpaired) electrons. The molecule has 8 heteroatoms. The van der Waals surface area contributed by atoms with E-state index in [1.165, 1.54) is 6.07 Å². The van der Waals surface area contributed by atoms with Crippen molar-refractivity contribution >= 4 is 17.5 Å². The number of nitrogens with one attached hydrogen (secondary N) is 2. The Morgan fingerprint density at radius 2 is 1.97 bits per heavy atom. The van der Waals surface area contributed by atoms with E-state index in [1.54, 1.807) is 0 Å². The lowest BCUT2D eigenvalue weighted by atomic mass is 10.1. The summed E-state index contributed by atoms with van der Waals surface area (Å²) in [5.41, 5.74) is 1.73. The molecular weight excluding hydrogens is 378 g/mol. The Bertz CT molecular complexity index is 870. The minimum absolute atomic E-state index is 0.0912. The van der Waals surface area contributed by atoms with Gasteiger partial charge in [0.1, 0.15) is 11.6 Å². The fraction of sp³-hybridized carbons (Fsp3) is 0.429. The van der Waals surface area contributed by atoms with E-state index in [9.17, 15) is 13.6 Å². The normalized spacial score (nSPS) is 14.0. The van der Waals surface area contributed by atoms with Crippen LogP contribution in [-0.2, 0) is 11.3 Å². The highest BCUT2D eigenvalue weighted by atomic mass is 19.2. The summed E-state index contributed by atoms with van der Waals surface area (Å²) in [5, 5.41) is 6.02. The number of ether oxygens (including phenoxy) is 1. The van der Waals surface area contributed by atoms with Crippen LogP contribution in [0.3, 0.4) is 0 Å². The number of nitrogens with zero attached hydrogens (tertiary/aromatic N) is 2. The number of benzene rings is 1. The van der Waals surface area contributed by atoms with Crippen LogP contribution in [0, 0.1) is 18.6 Å². The summed E-state index contributed by atoms with van der Waals surface area (Å²) >= 11 is 0. The third kappa shape index (κ3) is 5.20. The summed E-state index contributed by atoms with van der Waals surface area (Å²) in [4.78, 5) is 19.7. The number of aromatic nitrogens is 1. The summed E-state index contributed by atoms with van der Waals surface area (Å²) in [6.07, 6.45) is 0.887. The first-order chi connectivity index (χ1) is 14.0. The molecule has 29 heavy (non-hydrogen) atoms. The molecule has 1 aliphatic rings. The van der Waals surface area contributed by atoms with Crippen LogP contribution in [0.15, 0.2) is 24.3 Å². The van der Waals surface area contributed by atoms with E-state index < -0.39 is 11.6 Å². The van der Waals surface area contributed by atoms with E-state index in [-0.39, 0.29) is 12.5 Å². The number of hydrogen-bond acceptors (Lipinski definition) is 5. The van der Waals surface area contributed by atoms with E-state index >= 15 is 0 Å². The molecule has 156 valence electrons. The molecule has 0 bridgehead atoms. The molecule has 2 heterocycles. The molecule has 2 aromatic rings. The summed E-state index contributed by atoms with van der Waals surface area (Å²) < 4.78 is 31.9. The van der Waals surface area contributed by atoms with Gasteiger partial charge in [-0.1, -0.05) is 13.0 Å². The van der Waals surface area contributed by atoms with Crippen LogP contribution in [0.4, 0.5) is 20.4 Å². The zero-order chi connectivity index (χ0) is 20.8. The number of hydrogen-bond donors (Lipinski definition) is 2. The van der Waals surface area contributed by atoms with E-state index in [0.717, 1.165) is 43.0 Å². The van der Waals surface area contributed by atoms with Gasteiger partial charge in [0, 0.05) is 26.2 Å². The zero-order valence-electron chi connectivity index (χ0n) is 16.7. The van der Waals surface area contributed by atoms with E-state index in [2.05, 4.69) is 20.5 Å². The van der Waals surface area contributed by atoms with Crippen LogP contribution in [0.1, 0.15) is 34.8 Å². The number of anilines is 2. The SMILES string of the molecule is CCCNc1nc(N2CCOCC2)cc(C)c1C(=O)NCc1ccc(F)c(F)c1. The lowest BCUT2D eigenvalue weighted by molar-refractivity contribution is 0.0950. The highest BCUT2D eigenvalue weighted by Gasteiger charge is 2.20. The second kappa shape index (κ2) is 9.65. The van der Waals surface area contributed by atoms with Crippen LogP contribution in [0.2, 0.25) is 0 Å². The summed E-state index contributed by atoms with van der Waals surface area (Å²) in [7, 11) is 0. The van der Waals surface area contributed by atoms with Crippen LogP contribution in [-0.4, -0.2) is 43.7 Å². The number of halogens is 2. The average Bonchev–Trinajstić information content (AvgIpc) is 2.73. The first-order valence-electron chi connectivity index (χ1n) is 9.80. The number of rotatable bonds is 7. The van der Waals surface area contributed by atoms with Crippen molar-refractivity contribution in [2.75, 3.05) is 43.1 Å². The van der Waals surface area contributed by atoms with Gasteiger partial charge in [0.05, 0.1) is 18.8 Å². The number of carbonyl (C=O) groups is 1. The molecule has 6 nitrogen and oxygen atoms in total. The number of carbonyl (C=O) groups excluding carboxylic acids is 1. The van der Waals surface area contributed by atoms with E-state index in [1.807, 2.05) is 19.9 Å². The third-order valence-electron chi connectivity index (χ3n) is 4.74. The van der Waals surface area contributed by atoms with Gasteiger partial charge in [0.15, 0.2) is 11.6 Å². The Kier molecular flexibility index (Phi) is 6.98.